The lowest BCUT2D eigenvalue weighted by atomic mass is 10.1. The van der Waals surface area contributed by atoms with E-state index in [2.05, 4.69) is 43.5 Å². The molecule has 0 rings (SSSR count). The summed E-state index contributed by atoms with van der Waals surface area (Å²) in [5.41, 5.74) is -0.0722. The van der Waals surface area contributed by atoms with Crippen molar-refractivity contribution in [2.75, 3.05) is 26.4 Å². The lowest BCUT2D eigenvalue weighted by Crippen LogP contribution is -2.37. The van der Waals surface area contributed by atoms with Crippen molar-refractivity contribution in [3.05, 3.63) is 24.3 Å². The predicted molar refractivity (Wildman–Crippen MR) is 228 cm³/mol. The standard InChI is InChI=1S/C45H86NO7P/c1-6-8-10-12-14-16-18-20-22-24-26-28-30-32-34-36-43(47)50-40-42(41-52-54(49)51-39-38-46-45(3,4)5)53-44(48)37-35-33-31-29-27-25-23-21-19-17-15-13-11-9-7-2/h20-23,42,46,54H,6-19,24-41H2,1-5H3/b22-20-,23-21-. The van der Waals surface area contributed by atoms with E-state index >= 15 is 0 Å². The molecule has 0 bridgehead atoms. The Morgan fingerprint density at radius 2 is 0.963 bits per heavy atom. The third-order valence-electron chi connectivity index (χ3n) is 9.38. The predicted octanol–water partition coefficient (Wildman–Crippen LogP) is 13.3. The van der Waals surface area contributed by atoms with Gasteiger partial charge in [-0.1, -0.05) is 141 Å². The Morgan fingerprint density at radius 1 is 0.556 bits per heavy atom. The molecule has 0 spiro atoms. The van der Waals surface area contributed by atoms with Crippen LogP contribution in [0.1, 0.15) is 214 Å². The Morgan fingerprint density at radius 3 is 1.41 bits per heavy atom. The van der Waals surface area contributed by atoms with Gasteiger partial charge in [0.25, 0.3) is 0 Å². The molecule has 0 heterocycles. The van der Waals surface area contributed by atoms with Crippen molar-refractivity contribution in [3.63, 3.8) is 0 Å². The van der Waals surface area contributed by atoms with Gasteiger partial charge in [0.1, 0.15) is 6.61 Å². The van der Waals surface area contributed by atoms with E-state index in [0.29, 0.717) is 19.4 Å². The first kappa shape index (κ1) is 52.5. The fourth-order valence-electron chi connectivity index (χ4n) is 6.06. The zero-order valence-corrected chi connectivity index (χ0v) is 36.9. The SMILES string of the molecule is CCCCCCCC/C=C\CCCCCCCC(=O)OCC(CO[PH](=O)OCCNC(C)(C)C)OC(=O)CCCCCCC/C=C\CCCCCCCC. The smallest absolute Gasteiger partial charge is 0.319 e. The van der Waals surface area contributed by atoms with Gasteiger partial charge in [0.05, 0.1) is 13.2 Å². The lowest BCUT2D eigenvalue weighted by Gasteiger charge is -2.20. The summed E-state index contributed by atoms with van der Waals surface area (Å²) in [7, 11) is -2.79. The summed E-state index contributed by atoms with van der Waals surface area (Å²) in [6, 6.07) is 0. The molecule has 2 atom stereocenters. The summed E-state index contributed by atoms with van der Waals surface area (Å²) in [4.78, 5) is 25.2. The minimum atomic E-state index is -2.79. The first-order chi connectivity index (χ1) is 26.2. The molecule has 54 heavy (non-hydrogen) atoms. The number of hydrogen-bond donors (Lipinski definition) is 1. The maximum Gasteiger partial charge on any atom is 0.319 e. The summed E-state index contributed by atoms with van der Waals surface area (Å²) in [6.07, 6.45) is 40.1. The Balaban J connectivity index is 4.30. The number of ether oxygens (including phenoxy) is 2. The minimum absolute atomic E-state index is 0.0722. The van der Waals surface area contributed by atoms with Crippen LogP contribution in [0.2, 0.25) is 0 Å². The van der Waals surface area contributed by atoms with E-state index in [9.17, 15) is 14.2 Å². The molecule has 8 nitrogen and oxygen atoms in total. The van der Waals surface area contributed by atoms with Crippen molar-refractivity contribution in [2.24, 2.45) is 0 Å². The van der Waals surface area contributed by atoms with Gasteiger partial charge in [-0.25, -0.2) is 0 Å². The van der Waals surface area contributed by atoms with E-state index in [-0.39, 0.29) is 37.3 Å². The van der Waals surface area contributed by atoms with Crippen LogP contribution >= 0.6 is 8.25 Å². The highest BCUT2D eigenvalue weighted by atomic mass is 31.1. The summed E-state index contributed by atoms with van der Waals surface area (Å²) >= 11 is 0. The van der Waals surface area contributed by atoms with Gasteiger partial charge in [-0.15, -0.1) is 0 Å². The second kappa shape index (κ2) is 39.8. The van der Waals surface area contributed by atoms with E-state index in [1.54, 1.807) is 0 Å². The van der Waals surface area contributed by atoms with Gasteiger partial charge in [0, 0.05) is 24.9 Å². The topological polar surface area (TPSA) is 100 Å². The molecule has 318 valence electrons. The lowest BCUT2D eigenvalue weighted by molar-refractivity contribution is -0.161. The van der Waals surface area contributed by atoms with Crippen molar-refractivity contribution >= 4 is 20.2 Å². The number of nitrogens with one attached hydrogen (secondary N) is 1. The zero-order valence-electron chi connectivity index (χ0n) is 35.9. The Bertz CT molecular complexity index is 933. The molecule has 2 unspecified atom stereocenters. The zero-order chi connectivity index (χ0) is 39.8. The summed E-state index contributed by atoms with van der Waals surface area (Å²) in [5.74, 6) is -0.674. The first-order valence-electron chi connectivity index (χ1n) is 22.4. The molecule has 0 saturated carbocycles. The summed E-state index contributed by atoms with van der Waals surface area (Å²) in [6.45, 7) is 11.1. The van der Waals surface area contributed by atoms with E-state index < -0.39 is 14.4 Å². The molecule has 1 N–H and O–H groups in total. The Labute approximate surface area is 334 Å². The molecule has 0 aliphatic carbocycles. The molecule has 0 fully saturated rings. The van der Waals surface area contributed by atoms with Crippen LogP contribution < -0.4 is 5.32 Å². The molecular weight excluding hydrogens is 697 g/mol. The number of carbonyl (C=O) groups excluding carboxylic acids is 2. The normalized spacial score (nSPS) is 13.2. The third kappa shape index (κ3) is 41.7. The van der Waals surface area contributed by atoms with Crippen LogP contribution in [-0.4, -0.2) is 49.9 Å². The van der Waals surface area contributed by atoms with Crippen LogP contribution in [0, 0.1) is 0 Å². The van der Waals surface area contributed by atoms with Gasteiger partial charge in [-0.2, -0.15) is 0 Å². The highest BCUT2D eigenvalue weighted by molar-refractivity contribution is 7.33. The fourth-order valence-corrected chi connectivity index (χ4v) is 6.74. The molecule has 0 aromatic carbocycles. The van der Waals surface area contributed by atoms with Crippen LogP contribution in [0.4, 0.5) is 0 Å². The second-order valence-corrected chi connectivity index (χ2v) is 17.1. The second-order valence-electron chi connectivity index (χ2n) is 16.0. The van der Waals surface area contributed by atoms with Gasteiger partial charge in [-0.05, 0) is 85.0 Å². The number of unbranched alkanes of at least 4 members (excludes halogenated alkanes) is 22. The van der Waals surface area contributed by atoms with Gasteiger partial charge < -0.3 is 23.8 Å². The third-order valence-corrected chi connectivity index (χ3v) is 10.2. The van der Waals surface area contributed by atoms with Crippen LogP contribution in [-0.2, 0) is 32.7 Å². The first-order valence-corrected chi connectivity index (χ1v) is 23.6. The van der Waals surface area contributed by atoms with E-state index in [1.807, 2.05) is 20.8 Å². The van der Waals surface area contributed by atoms with Gasteiger partial charge in [0.15, 0.2) is 6.10 Å². The largest absolute Gasteiger partial charge is 0.462 e. The molecular formula is C45H86NO7P. The molecule has 0 saturated heterocycles. The average Bonchev–Trinajstić information content (AvgIpc) is 3.14. The average molecular weight is 784 g/mol. The van der Waals surface area contributed by atoms with Crippen LogP contribution in [0.25, 0.3) is 0 Å². The molecule has 0 aliphatic heterocycles. The summed E-state index contributed by atoms with van der Waals surface area (Å²) in [5, 5.41) is 3.27. The quantitative estimate of drug-likeness (QED) is 0.0284. The number of carbonyl (C=O) groups is 2. The highest BCUT2D eigenvalue weighted by Crippen LogP contribution is 2.24. The van der Waals surface area contributed by atoms with Gasteiger partial charge in [-0.3, -0.25) is 14.2 Å². The molecule has 0 aromatic heterocycles. The van der Waals surface area contributed by atoms with Crippen LogP contribution in [0.3, 0.4) is 0 Å². The van der Waals surface area contributed by atoms with Crippen LogP contribution in [0.15, 0.2) is 24.3 Å². The number of hydrogen-bond acceptors (Lipinski definition) is 8. The van der Waals surface area contributed by atoms with E-state index in [1.165, 1.54) is 103 Å². The van der Waals surface area contributed by atoms with Crippen molar-refractivity contribution in [3.8, 4) is 0 Å². The van der Waals surface area contributed by atoms with Gasteiger partial charge in [0.2, 0.25) is 0 Å². The molecule has 9 heteroatoms. The maximum atomic E-state index is 12.7. The fraction of sp³-hybridized carbons (Fsp3) is 0.867. The van der Waals surface area contributed by atoms with E-state index in [0.717, 1.165) is 64.2 Å². The molecule has 0 radical (unpaired) electrons. The molecule has 0 aliphatic rings. The summed E-state index contributed by atoms with van der Waals surface area (Å²) < 4.78 is 34.2. The monoisotopic (exact) mass is 784 g/mol. The number of esters is 2. The maximum absolute atomic E-state index is 12.7. The van der Waals surface area contributed by atoms with Crippen molar-refractivity contribution in [1.82, 2.24) is 5.32 Å². The van der Waals surface area contributed by atoms with Gasteiger partial charge >= 0.3 is 20.2 Å². The van der Waals surface area contributed by atoms with Crippen molar-refractivity contribution in [1.29, 1.82) is 0 Å². The van der Waals surface area contributed by atoms with Crippen molar-refractivity contribution in [2.45, 2.75) is 226 Å². The molecule has 0 aromatic rings. The van der Waals surface area contributed by atoms with Crippen molar-refractivity contribution < 1.29 is 32.7 Å². The minimum Gasteiger partial charge on any atom is -0.462 e. The van der Waals surface area contributed by atoms with Crippen LogP contribution in [0.5, 0.6) is 0 Å². The molecule has 0 amide bonds. The Hall–Kier alpha value is -1.47. The number of allylic oxidation sites excluding steroid dienone is 4. The number of rotatable bonds is 40. The van der Waals surface area contributed by atoms with E-state index in [4.69, 9.17) is 18.5 Å². The highest BCUT2D eigenvalue weighted by Gasteiger charge is 2.19. The Kier molecular flexibility index (Phi) is 38.7.